The van der Waals surface area contributed by atoms with Gasteiger partial charge >= 0.3 is 0 Å². The van der Waals surface area contributed by atoms with Gasteiger partial charge in [0.15, 0.2) is 5.78 Å². The predicted octanol–water partition coefficient (Wildman–Crippen LogP) is 3.00. The van der Waals surface area contributed by atoms with Crippen molar-refractivity contribution in [3.63, 3.8) is 0 Å². The van der Waals surface area contributed by atoms with Gasteiger partial charge in [-0.1, -0.05) is 19.9 Å². The molecule has 19 heavy (non-hydrogen) atoms. The maximum Gasteiger partial charge on any atom is 0.190 e. The third kappa shape index (κ3) is 2.50. The fourth-order valence-corrected chi connectivity index (χ4v) is 2.67. The van der Waals surface area contributed by atoms with Crippen molar-refractivity contribution in [3.8, 4) is 5.75 Å². The first-order chi connectivity index (χ1) is 8.85. The first-order valence-electron chi connectivity index (χ1n) is 6.45. The second-order valence-electron chi connectivity index (χ2n) is 5.92. The zero-order valence-electron chi connectivity index (χ0n) is 12.3. The molecule has 0 saturated heterocycles. The van der Waals surface area contributed by atoms with E-state index in [2.05, 4.69) is 13.8 Å². The van der Waals surface area contributed by atoms with Crippen LogP contribution >= 0.6 is 0 Å². The van der Waals surface area contributed by atoms with Crippen molar-refractivity contribution in [2.24, 2.45) is 0 Å². The molecule has 1 aliphatic carbocycles. The summed E-state index contributed by atoms with van der Waals surface area (Å²) >= 11 is 0. The summed E-state index contributed by atoms with van der Waals surface area (Å²) in [6.45, 7) is 4.35. The molecule has 0 radical (unpaired) electrons. The lowest BCUT2D eigenvalue weighted by Gasteiger charge is -2.33. The van der Waals surface area contributed by atoms with Crippen molar-refractivity contribution in [2.45, 2.75) is 25.7 Å². The van der Waals surface area contributed by atoms with E-state index in [1.54, 1.807) is 7.11 Å². The van der Waals surface area contributed by atoms with Crippen molar-refractivity contribution in [2.75, 3.05) is 21.2 Å². The number of rotatable bonds is 2. The molecule has 0 N–H and O–H groups in total. The van der Waals surface area contributed by atoms with E-state index in [4.69, 9.17) is 4.74 Å². The molecule has 0 unspecified atom stereocenters. The monoisotopic (exact) mass is 259 g/mol. The topological polar surface area (TPSA) is 29.5 Å². The molecule has 1 aromatic carbocycles. The highest BCUT2D eigenvalue weighted by Crippen LogP contribution is 2.40. The van der Waals surface area contributed by atoms with Gasteiger partial charge < -0.3 is 9.64 Å². The number of nitrogens with zero attached hydrogens (tertiary/aromatic N) is 1. The summed E-state index contributed by atoms with van der Waals surface area (Å²) in [5.74, 6) is 0.843. The van der Waals surface area contributed by atoms with E-state index in [0.717, 1.165) is 28.9 Å². The van der Waals surface area contributed by atoms with Crippen LogP contribution in [0.15, 0.2) is 30.0 Å². The first-order valence-corrected chi connectivity index (χ1v) is 6.45. The molecule has 102 valence electrons. The van der Waals surface area contributed by atoms with Gasteiger partial charge in [0.05, 0.1) is 7.11 Å². The van der Waals surface area contributed by atoms with Gasteiger partial charge in [-0.05, 0) is 29.5 Å². The van der Waals surface area contributed by atoms with Gasteiger partial charge in [-0.2, -0.15) is 0 Å². The molecule has 0 aromatic heterocycles. The van der Waals surface area contributed by atoms with Crippen LogP contribution in [0.3, 0.4) is 0 Å². The molecule has 1 aliphatic rings. The van der Waals surface area contributed by atoms with Crippen LogP contribution in [0, 0.1) is 0 Å². The van der Waals surface area contributed by atoms with Crippen LogP contribution in [0.5, 0.6) is 5.75 Å². The van der Waals surface area contributed by atoms with Crippen molar-refractivity contribution < 1.29 is 9.53 Å². The summed E-state index contributed by atoms with van der Waals surface area (Å²) in [7, 11) is 5.50. The van der Waals surface area contributed by atoms with Crippen molar-refractivity contribution in [3.05, 3.63) is 41.1 Å². The fourth-order valence-electron chi connectivity index (χ4n) is 2.67. The molecule has 3 heteroatoms. The minimum Gasteiger partial charge on any atom is -0.497 e. The summed E-state index contributed by atoms with van der Waals surface area (Å²) in [6, 6.07) is 5.79. The summed E-state index contributed by atoms with van der Waals surface area (Å²) in [5, 5.41) is 0. The highest BCUT2D eigenvalue weighted by molar-refractivity contribution is 6.11. The Balaban J connectivity index is 2.58. The minimum atomic E-state index is -0.0304. The van der Waals surface area contributed by atoms with E-state index in [1.807, 2.05) is 43.4 Å². The molecule has 1 aromatic rings. The number of hydrogen-bond acceptors (Lipinski definition) is 3. The van der Waals surface area contributed by atoms with E-state index in [-0.39, 0.29) is 11.2 Å². The summed E-state index contributed by atoms with van der Waals surface area (Å²) in [4.78, 5) is 14.5. The van der Waals surface area contributed by atoms with E-state index in [0.29, 0.717) is 0 Å². The smallest absolute Gasteiger partial charge is 0.190 e. The van der Waals surface area contributed by atoms with E-state index >= 15 is 0 Å². The summed E-state index contributed by atoms with van der Waals surface area (Å²) in [6.07, 6.45) is 2.69. The molecule has 0 spiro atoms. The van der Waals surface area contributed by atoms with Crippen LogP contribution in [0.2, 0.25) is 0 Å². The Morgan fingerprint density at radius 2 is 2.00 bits per heavy atom. The van der Waals surface area contributed by atoms with E-state index in [1.165, 1.54) is 0 Å². The van der Waals surface area contributed by atoms with Crippen LogP contribution in [0.25, 0.3) is 0 Å². The number of ketones is 1. The van der Waals surface area contributed by atoms with Crippen molar-refractivity contribution >= 4 is 5.78 Å². The van der Waals surface area contributed by atoms with Crippen molar-refractivity contribution in [1.82, 2.24) is 4.90 Å². The average Bonchev–Trinajstić information content (AvgIpc) is 2.34. The molecule has 0 amide bonds. The van der Waals surface area contributed by atoms with Gasteiger partial charge in [-0.25, -0.2) is 0 Å². The lowest BCUT2D eigenvalue weighted by atomic mass is 9.70. The van der Waals surface area contributed by atoms with Crippen LogP contribution in [-0.2, 0) is 5.41 Å². The highest BCUT2D eigenvalue weighted by atomic mass is 16.5. The average molecular weight is 259 g/mol. The third-order valence-corrected chi connectivity index (χ3v) is 3.54. The number of fused-ring (bicyclic) bond motifs is 1. The number of methoxy groups -OCH3 is 1. The number of carbonyl (C=O) groups is 1. The number of hydrogen-bond donors (Lipinski definition) is 0. The third-order valence-electron chi connectivity index (χ3n) is 3.54. The lowest BCUT2D eigenvalue weighted by molar-refractivity contribution is 0.101. The quantitative estimate of drug-likeness (QED) is 0.765. The number of allylic oxidation sites excluding steroid dienone is 1. The summed E-state index contributed by atoms with van der Waals surface area (Å²) < 4.78 is 5.23. The Kier molecular flexibility index (Phi) is 3.40. The Hall–Kier alpha value is -1.77. The number of benzene rings is 1. The molecular weight excluding hydrogens is 238 g/mol. The van der Waals surface area contributed by atoms with Crippen LogP contribution in [-0.4, -0.2) is 31.9 Å². The second-order valence-corrected chi connectivity index (χ2v) is 5.92. The maximum absolute atomic E-state index is 12.6. The van der Waals surface area contributed by atoms with Crippen LogP contribution in [0.1, 0.15) is 36.2 Å². The molecular formula is C16H21NO2. The fraction of sp³-hybridized carbons (Fsp3) is 0.438. The Bertz CT molecular complexity index is 542. The Labute approximate surface area is 114 Å². The normalized spacial score (nSPS) is 19.2. The molecule has 0 fully saturated rings. The van der Waals surface area contributed by atoms with Gasteiger partial charge in [0, 0.05) is 31.4 Å². The van der Waals surface area contributed by atoms with Crippen molar-refractivity contribution in [1.29, 1.82) is 0 Å². The minimum absolute atomic E-state index is 0.0304. The zero-order valence-corrected chi connectivity index (χ0v) is 12.3. The van der Waals surface area contributed by atoms with E-state index < -0.39 is 0 Å². The Morgan fingerprint density at radius 3 is 2.58 bits per heavy atom. The molecule has 0 atom stereocenters. The lowest BCUT2D eigenvalue weighted by Crippen LogP contribution is -2.30. The zero-order chi connectivity index (χ0) is 14.2. The first kappa shape index (κ1) is 13.7. The van der Waals surface area contributed by atoms with Gasteiger partial charge in [-0.3, -0.25) is 4.79 Å². The highest BCUT2D eigenvalue weighted by Gasteiger charge is 2.35. The number of Topliss-reactive ketones (excluding diaryl/α,β-unsaturated/α-hetero) is 1. The standard InChI is InChI=1S/C16H21NO2/c1-16(2)9-11(10-17(3)4)15(18)13-8-12(19-5)6-7-14(13)16/h6-8,10H,9H2,1-5H3/b11-10-. The maximum atomic E-state index is 12.6. The Morgan fingerprint density at radius 1 is 1.32 bits per heavy atom. The molecule has 2 rings (SSSR count). The second kappa shape index (κ2) is 4.72. The largest absolute Gasteiger partial charge is 0.497 e. The molecule has 0 heterocycles. The van der Waals surface area contributed by atoms with Gasteiger partial charge in [0.2, 0.25) is 0 Å². The molecule has 0 aliphatic heterocycles. The molecule has 0 bridgehead atoms. The van der Waals surface area contributed by atoms with Gasteiger partial charge in [0.1, 0.15) is 5.75 Å². The van der Waals surface area contributed by atoms with Crippen LogP contribution in [0.4, 0.5) is 0 Å². The van der Waals surface area contributed by atoms with Gasteiger partial charge in [-0.15, -0.1) is 0 Å². The summed E-state index contributed by atoms with van der Waals surface area (Å²) in [5.41, 5.74) is 2.70. The van der Waals surface area contributed by atoms with Crippen LogP contribution < -0.4 is 4.74 Å². The number of ether oxygens (including phenoxy) is 1. The van der Waals surface area contributed by atoms with E-state index in [9.17, 15) is 4.79 Å². The van der Waals surface area contributed by atoms with Gasteiger partial charge in [0.25, 0.3) is 0 Å². The SMILES string of the molecule is COc1ccc2c(c1)C(=O)/C(=C\N(C)C)CC2(C)C. The predicted molar refractivity (Wildman–Crippen MR) is 76.7 cm³/mol. The molecule has 0 saturated carbocycles. The number of carbonyl (C=O) groups excluding carboxylic acids is 1. The molecule has 3 nitrogen and oxygen atoms in total.